The van der Waals surface area contributed by atoms with Gasteiger partial charge in [-0.25, -0.2) is 9.97 Å². The van der Waals surface area contributed by atoms with Gasteiger partial charge >= 0.3 is 0 Å². The Bertz CT molecular complexity index is 555. The van der Waals surface area contributed by atoms with Crippen molar-refractivity contribution in [1.29, 1.82) is 5.26 Å². The van der Waals surface area contributed by atoms with E-state index in [1.165, 1.54) is 17.7 Å². The Morgan fingerprint density at radius 3 is 3.00 bits per heavy atom. The number of rotatable bonds is 2. The highest BCUT2D eigenvalue weighted by Gasteiger charge is 2.07. The third-order valence-electron chi connectivity index (χ3n) is 1.77. The van der Waals surface area contributed by atoms with Gasteiger partial charge in [0.1, 0.15) is 16.9 Å². The van der Waals surface area contributed by atoms with Gasteiger partial charge in [0.15, 0.2) is 11.5 Å². The summed E-state index contributed by atoms with van der Waals surface area (Å²) < 4.78 is 4.11. The largest absolute Gasteiger partial charge is 0.382 e. The highest BCUT2D eigenvalue weighted by molar-refractivity contribution is 7.10. The summed E-state index contributed by atoms with van der Waals surface area (Å²) in [7, 11) is 0. The van der Waals surface area contributed by atoms with Crippen LogP contribution in [0.15, 0.2) is 12.3 Å². The number of anilines is 3. The summed E-state index contributed by atoms with van der Waals surface area (Å²) in [5.74, 6) is 0.619. The molecule has 6 nitrogen and oxygen atoms in total. The number of nitrogen functional groups attached to an aromatic ring is 1. The van der Waals surface area contributed by atoms with Gasteiger partial charge in [-0.15, -0.1) is 0 Å². The summed E-state index contributed by atoms with van der Waals surface area (Å²) in [5.41, 5.74) is 6.62. The average molecular weight is 232 g/mol. The van der Waals surface area contributed by atoms with Gasteiger partial charge in [-0.2, -0.15) is 9.64 Å². The maximum absolute atomic E-state index is 8.85. The van der Waals surface area contributed by atoms with E-state index < -0.39 is 0 Å². The van der Waals surface area contributed by atoms with E-state index in [9.17, 15) is 0 Å². The maximum Gasteiger partial charge on any atom is 0.183 e. The minimum absolute atomic E-state index is 0.209. The molecule has 2 heterocycles. The van der Waals surface area contributed by atoms with Crippen LogP contribution in [0.1, 0.15) is 11.4 Å². The lowest BCUT2D eigenvalue weighted by atomic mass is 10.4. The molecule has 0 amide bonds. The molecule has 3 N–H and O–H groups in total. The van der Waals surface area contributed by atoms with Gasteiger partial charge in [-0.05, 0) is 24.5 Å². The van der Waals surface area contributed by atoms with Crippen LogP contribution in [0.5, 0.6) is 0 Å². The summed E-state index contributed by atoms with van der Waals surface area (Å²) >= 11 is 1.29. The molecule has 2 aromatic heterocycles. The van der Waals surface area contributed by atoms with Gasteiger partial charge in [0.05, 0.1) is 11.9 Å². The second-order valence-electron chi connectivity index (χ2n) is 3.06. The number of aryl methyl sites for hydroxylation is 1. The normalized spacial score (nSPS) is 9.75. The Balaban J connectivity index is 2.34. The molecule has 7 heteroatoms. The van der Waals surface area contributed by atoms with E-state index in [1.54, 1.807) is 0 Å². The first-order valence-electron chi connectivity index (χ1n) is 4.42. The highest BCUT2D eigenvalue weighted by atomic mass is 32.1. The lowest BCUT2D eigenvalue weighted by Crippen LogP contribution is -2.01. The third-order valence-corrected chi connectivity index (χ3v) is 2.56. The zero-order valence-electron chi connectivity index (χ0n) is 8.43. The summed E-state index contributed by atoms with van der Waals surface area (Å²) in [6, 6.07) is 3.80. The van der Waals surface area contributed by atoms with E-state index in [1.807, 2.05) is 19.1 Å². The molecular formula is C9H8N6S. The van der Waals surface area contributed by atoms with Crippen molar-refractivity contribution in [2.24, 2.45) is 0 Å². The van der Waals surface area contributed by atoms with Crippen LogP contribution in [0.25, 0.3) is 0 Å². The minimum atomic E-state index is 0.209. The number of aromatic nitrogens is 3. The molecule has 0 saturated heterocycles. The molecule has 0 saturated carbocycles. The topological polar surface area (TPSA) is 101 Å². The summed E-state index contributed by atoms with van der Waals surface area (Å²) in [4.78, 5) is 7.88. The molecule has 2 aromatic rings. The van der Waals surface area contributed by atoms with Crippen molar-refractivity contribution in [3.8, 4) is 6.07 Å². The molecule has 0 radical (unpaired) electrons. The average Bonchev–Trinajstić information content (AvgIpc) is 2.64. The fourth-order valence-corrected chi connectivity index (χ4v) is 1.77. The third kappa shape index (κ3) is 2.07. The van der Waals surface area contributed by atoms with E-state index in [4.69, 9.17) is 11.0 Å². The smallest absolute Gasteiger partial charge is 0.183 e. The summed E-state index contributed by atoms with van der Waals surface area (Å²) in [6.45, 7) is 1.89. The zero-order valence-corrected chi connectivity index (χ0v) is 9.25. The van der Waals surface area contributed by atoms with Gasteiger partial charge in [0.25, 0.3) is 0 Å². The first-order chi connectivity index (χ1) is 7.69. The van der Waals surface area contributed by atoms with E-state index in [0.29, 0.717) is 5.82 Å². The van der Waals surface area contributed by atoms with Crippen molar-refractivity contribution in [3.05, 3.63) is 23.7 Å². The molecule has 80 valence electrons. The van der Waals surface area contributed by atoms with E-state index >= 15 is 0 Å². The number of nitriles is 1. The molecule has 0 fully saturated rings. The van der Waals surface area contributed by atoms with Crippen molar-refractivity contribution in [1.82, 2.24) is 14.3 Å². The molecule has 0 unspecified atom stereocenters. The fraction of sp³-hybridized carbons (Fsp3) is 0.111. The SMILES string of the molecule is Cc1cc(Nc2nc(N)cnc2C#N)sn1. The zero-order chi connectivity index (χ0) is 11.5. The van der Waals surface area contributed by atoms with Gasteiger partial charge in [0, 0.05) is 0 Å². The molecule has 16 heavy (non-hydrogen) atoms. The van der Waals surface area contributed by atoms with Crippen LogP contribution < -0.4 is 11.1 Å². The van der Waals surface area contributed by atoms with Gasteiger partial charge in [0.2, 0.25) is 0 Å². The molecule has 0 aliphatic carbocycles. The van der Waals surface area contributed by atoms with Crippen LogP contribution in [0.3, 0.4) is 0 Å². The number of nitrogens with zero attached hydrogens (tertiary/aromatic N) is 4. The molecule has 0 aliphatic rings. The molecular weight excluding hydrogens is 224 g/mol. The minimum Gasteiger partial charge on any atom is -0.382 e. The number of hydrogen-bond acceptors (Lipinski definition) is 7. The van der Waals surface area contributed by atoms with Crippen molar-refractivity contribution < 1.29 is 0 Å². The van der Waals surface area contributed by atoms with Crippen molar-refractivity contribution in [3.63, 3.8) is 0 Å². The standard InChI is InChI=1S/C9H8N6S/c1-5-2-8(16-15-5)14-9-6(3-10)12-4-7(11)13-9/h2,4H,1H3,(H3,11,13,14). The van der Waals surface area contributed by atoms with E-state index in [2.05, 4.69) is 19.7 Å². The predicted octanol–water partition coefficient (Wildman–Crippen LogP) is 1.44. The molecule has 2 rings (SSSR count). The Hall–Kier alpha value is -2.20. The molecule has 0 spiro atoms. The number of nitrogens with one attached hydrogen (secondary N) is 1. The highest BCUT2D eigenvalue weighted by Crippen LogP contribution is 2.22. The Kier molecular flexibility index (Phi) is 2.66. The van der Waals surface area contributed by atoms with Crippen LogP contribution >= 0.6 is 11.5 Å². The lowest BCUT2D eigenvalue weighted by molar-refractivity contribution is 1.17. The van der Waals surface area contributed by atoms with Crippen molar-refractivity contribution in [2.45, 2.75) is 6.92 Å². The van der Waals surface area contributed by atoms with Gasteiger partial charge < -0.3 is 11.1 Å². The quantitative estimate of drug-likeness (QED) is 0.812. The van der Waals surface area contributed by atoms with Crippen LogP contribution in [0, 0.1) is 18.3 Å². The first-order valence-corrected chi connectivity index (χ1v) is 5.19. The Labute approximate surface area is 95.9 Å². The van der Waals surface area contributed by atoms with Crippen LogP contribution in [0.4, 0.5) is 16.6 Å². The predicted molar refractivity (Wildman–Crippen MR) is 61.3 cm³/mol. The molecule has 0 atom stereocenters. The van der Waals surface area contributed by atoms with Crippen molar-refractivity contribution in [2.75, 3.05) is 11.1 Å². The van der Waals surface area contributed by atoms with E-state index in [-0.39, 0.29) is 11.5 Å². The lowest BCUT2D eigenvalue weighted by Gasteiger charge is -2.03. The number of hydrogen-bond donors (Lipinski definition) is 2. The fourth-order valence-electron chi connectivity index (χ4n) is 1.11. The van der Waals surface area contributed by atoms with Gasteiger partial charge in [-0.3, -0.25) is 0 Å². The molecule has 0 aliphatic heterocycles. The summed E-state index contributed by atoms with van der Waals surface area (Å²) in [5, 5.41) is 12.6. The molecule has 0 aromatic carbocycles. The van der Waals surface area contributed by atoms with Crippen LogP contribution in [0.2, 0.25) is 0 Å². The second kappa shape index (κ2) is 4.12. The second-order valence-corrected chi connectivity index (χ2v) is 3.87. The number of nitrogens with two attached hydrogens (primary N) is 1. The maximum atomic E-state index is 8.85. The van der Waals surface area contributed by atoms with Crippen molar-refractivity contribution >= 4 is 28.2 Å². The summed E-state index contributed by atoms with van der Waals surface area (Å²) in [6.07, 6.45) is 1.35. The monoisotopic (exact) mass is 232 g/mol. The van der Waals surface area contributed by atoms with E-state index in [0.717, 1.165) is 10.7 Å². The van der Waals surface area contributed by atoms with Gasteiger partial charge in [-0.1, -0.05) is 0 Å². The Morgan fingerprint density at radius 1 is 1.56 bits per heavy atom. The van der Waals surface area contributed by atoms with Crippen LogP contribution in [-0.4, -0.2) is 14.3 Å². The Morgan fingerprint density at radius 2 is 2.38 bits per heavy atom. The first kappa shape index (κ1) is 10.3. The molecule has 0 bridgehead atoms. The van der Waals surface area contributed by atoms with Crippen LogP contribution in [-0.2, 0) is 0 Å².